The predicted octanol–water partition coefficient (Wildman–Crippen LogP) is 1.16. The Morgan fingerprint density at radius 3 is 3.16 bits per heavy atom. The highest BCUT2D eigenvalue weighted by Gasteiger charge is 2.30. The van der Waals surface area contributed by atoms with Crippen molar-refractivity contribution in [1.29, 1.82) is 0 Å². The highest BCUT2D eigenvalue weighted by molar-refractivity contribution is 5.76. The van der Waals surface area contributed by atoms with Crippen molar-refractivity contribution < 1.29 is 4.79 Å². The number of nitrogens with zero attached hydrogens (tertiary/aromatic N) is 3. The molecule has 6 nitrogen and oxygen atoms in total. The molecule has 19 heavy (non-hydrogen) atoms. The lowest BCUT2D eigenvalue weighted by molar-refractivity contribution is -0.133. The Bertz CT molecular complexity index is 559. The van der Waals surface area contributed by atoms with Gasteiger partial charge in [0.05, 0.1) is 17.9 Å². The normalized spacial score (nSPS) is 18.9. The fraction of sp³-hybridized carbons (Fsp3) is 0.385. The zero-order valence-electron chi connectivity index (χ0n) is 10.6. The van der Waals surface area contributed by atoms with E-state index >= 15 is 0 Å². The van der Waals surface area contributed by atoms with Crippen LogP contribution in [0.5, 0.6) is 0 Å². The molecule has 2 aromatic heterocycles. The Morgan fingerprint density at radius 1 is 1.58 bits per heavy atom. The van der Waals surface area contributed by atoms with Gasteiger partial charge < -0.3 is 15.6 Å². The molecule has 0 unspecified atom stereocenters. The maximum atomic E-state index is 12.3. The molecule has 1 aliphatic rings. The summed E-state index contributed by atoms with van der Waals surface area (Å²) in [5, 5.41) is 4.05. The molecule has 1 fully saturated rings. The minimum absolute atomic E-state index is 0.0835. The van der Waals surface area contributed by atoms with E-state index in [4.69, 9.17) is 5.73 Å². The first-order valence-corrected chi connectivity index (χ1v) is 6.45. The van der Waals surface area contributed by atoms with Crippen molar-refractivity contribution in [2.24, 2.45) is 0 Å². The molecule has 2 aromatic rings. The van der Waals surface area contributed by atoms with Gasteiger partial charge in [-0.3, -0.25) is 9.48 Å². The van der Waals surface area contributed by atoms with Crippen LogP contribution in [0.2, 0.25) is 0 Å². The first kappa shape index (κ1) is 11.8. The molecular weight excluding hydrogens is 242 g/mol. The molecule has 6 heteroatoms. The van der Waals surface area contributed by atoms with Gasteiger partial charge in [0.2, 0.25) is 5.91 Å². The van der Waals surface area contributed by atoms with E-state index in [0.29, 0.717) is 5.69 Å². The van der Waals surface area contributed by atoms with Crippen molar-refractivity contribution in [1.82, 2.24) is 19.7 Å². The average Bonchev–Trinajstić information content (AvgIpc) is 3.07. The molecule has 1 amide bonds. The van der Waals surface area contributed by atoms with E-state index in [1.54, 1.807) is 17.1 Å². The zero-order valence-corrected chi connectivity index (χ0v) is 10.6. The van der Waals surface area contributed by atoms with Crippen molar-refractivity contribution in [2.45, 2.75) is 25.4 Å². The van der Waals surface area contributed by atoms with Crippen LogP contribution in [-0.4, -0.2) is 32.1 Å². The van der Waals surface area contributed by atoms with Crippen molar-refractivity contribution >= 4 is 11.6 Å². The number of hydrogen-bond donors (Lipinski definition) is 2. The number of rotatable bonds is 3. The summed E-state index contributed by atoms with van der Waals surface area (Å²) in [5.41, 5.74) is 7.28. The SMILES string of the molecule is Nc1cnn(CC(=O)N2CCC[C@@H]2c2ccc[nH]2)c1. The smallest absolute Gasteiger partial charge is 0.244 e. The first-order valence-electron chi connectivity index (χ1n) is 6.45. The summed E-state index contributed by atoms with van der Waals surface area (Å²) >= 11 is 0. The predicted molar refractivity (Wildman–Crippen MR) is 71.1 cm³/mol. The molecule has 100 valence electrons. The van der Waals surface area contributed by atoms with Gasteiger partial charge in [-0.25, -0.2) is 0 Å². The number of carbonyl (C=O) groups is 1. The van der Waals surface area contributed by atoms with Crippen molar-refractivity contribution in [3.63, 3.8) is 0 Å². The molecule has 0 bridgehead atoms. The number of aromatic amines is 1. The molecule has 0 spiro atoms. The summed E-state index contributed by atoms with van der Waals surface area (Å²) in [5.74, 6) is 0.0835. The molecule has 0 saturated carbocycles. The van der Waals surface area contributed by atoms with Crippen LogP contribution in [0, 0.1) is 0 Å². The number of carbonyl (C=O) groups excluding carboxylic acids is 1. The fourth-order valence-electron chi connectivity index (χ4n) is 2.64. The lowest BCUT2D eigenvalue weighted by Gasteiger charge is -2.24. The van der Waals surface area contributed by atoms with Gasteiger partial charge in [-0.05, 0) is 25.0 Å². The van der Waals surface area contributed by atoms with Gasteiger partial charge in [0.1, 0.15) is 6.54 Å². The van der Waals surface area contributed by atoms with Crippen LogP contribution < -0.4 is 5.73 Å². The Balaban J connectivity index is 1.72. The van der Waals surface area contributed by atoms with Crippen LogP contribution in [0.4, 0.5) is 5.69 Å². The van der Waals surface area contributed by atoms with E-state index in [2.05, 4.69) is 10.1 Å². The van der Waals surface area contributed by atoms with Gasteiger partial charge in [-0.1, -0.05) is 0 Å². The van der Waals surface area contributed by atoms with E-state index in [1.807, 2.05) is 23.2 Å². The Labute approximate surface area is 111 Å². The number of nitrogen functional groups attached to an aromatic ring is 1. The Hall–Kier alpha value is -2.24. The number of amides is 1. The van der Waals surface area contributed by atoms with Crippen LogP contribution >= 0.6 is 0 Å². The molecular formula is C13H17N5O. The summed E-state index contributed by atoms with van der Waals surface area (Å²) in [6.45, 7) is 1.05. The number of likely N-dealkylation sites (tertiary alicyclic amines) is 1. The third-order valence-electron chi connectivity index (χ3n) is 3.50. The van der Waals surface area contributed by atoms with E-state index in [1.165, 1.54) is 0 Å². The van der Waals surface area contributed by atoms with Gasteiger partial charge in [-0.2, -0.15) is 5.10 Å². The molecule has 1 atom stereocenters. The monoisotopic (exact) mass is 259 g/mol. The summed E-state index contributed by atoms with van der Waals surface area (Å²) < 4.78 is 1.59. The Kier molecular flexibility index (Phi) is 2.98. The molecule has 3 rings (SSSR count). The summed E-state index contributed by atoms with van der Waals surface area (Å²) in [7, 11) is 0. The zero-order chi connectivity index (χ0) is 13.2. The maximum absolute atomic E-state index is 12.3. The number of aromatic nitrogens is 3. The van der Waals surface area contributed by atoms with Crippen LogP contribution in [0.15, 0.2) is 30.7 Å². The fourth-order valence-corrected chi connectivity index (χ4v) is 2.64. The van der Waals surface area contributed by atoms with E-state index in [9.17, 15) is 4.79 Å². The van der Waals surface area contributed by atoms with Crippen LogP contribution in [0.25, 0.3) is 0 Å². The number of hydrogen-bond acceptors (Lipinski definition) is 3. The van der Waals surface area contributed by atoms with Crippen LogP contribution in [-0.2, 0) is 11.3 Å². The second-order valence-electron chi connectivity index (χ2n) is 4.84. The molecule has 3 N–H and O–H groups in total. The van der Waals surface area contributed by atoms with Gasteiger partial charge in [0, 0.05) is 24.6 Å². The topological polar surface area (TPSA) is 79.9 Å². The third-order valence-corrected chi connectivity index (χ3v) is 3.50. The van der Waals surface area contributed by atoms with E-state index in [-0.39, 0.29) is 18.5 Å². The van der Waals surface area contributed by atoms with Gasteiger partial charge >= 0.3 is 0 Å². The first-order chi connectivity index (χ1) is 9.24. The van der Waals surface area contributed by atoms with Crippen molar-refractivity contribution in [2.75, 3.05) is 12.3 Å². The highest BCUT2D eigenvalue weighted by Crippen LogP contribution is 2.30. The second kappa shape index (κ2) is 4.79. The minimum atomic E-state index is 0.0835. The van der Waals surface area contributed by atoms with E-state index < -0.39 is 0 Å². The molecule has 1 aliphatic heterocycles. The molecule has 0 aliphatic carbocycles. The van der Waals surface area contributed by atoms with Gasteiger partial charge in [0.15, 0.2) is 0 Å². The maximum Gasteiger partial charge on any atom is 0.244 e. The van der Waals surface area contributed by atoms with Crippen LogP contribution in [0.3, 0.4) is 0 Å². The summed E-state index contributed by atoms with van der Waals surface area (Å²) in [6, 6.07) is 4.16. The Morgan fingerprint density at radius 2 is 2.47 bits per heavy atom. The minimum Gasteiger partial charge on any atom is -0.396 e. The van der Waals surface area contributed by atoms with Gasteiger partial charge in [0.25, 0.3) is 0 Å². The quantitative estimate of drug-likeness (QED) is 0.868. The van der Waals surface area contributed by atoms with E-state index in [0.717, 1.165) is 25.1 Å². The number of nitrogens with one attached hydrogen (secondary N) is 1. The number of nitrogens with two attached hydrogens (primary N) is 1. The molecule has 3 heterocycles. The summed E-state index contributed by atoms with van der Waals surface area (Å²) in [6.07, 6.45) is 7.17. The van der Waals surface area contributed by atoms with Gasteiger partial charge in [-0.15, -0.1) is 0 Å². The second-order valence-corrected chi connectivity index (χ2v) is 4.84. The largest absolute Gasteiger partial charge is 0.396 e. The number of H-pyrrole nitrogens is 1. The molecule has 1 saturated heterocycles. The summed E-state index contributed by atoms with van der Waals surface area (Å²) in [4.78, 5) is 17.5. The lowest BCUT2D eigenvalue weighted by atomic mass is 10.1. The average molecular weight is 259 g/mol. The number of anilines is 1. The molecule has 0 radical (unpaired) electrons. The third kappa shape index (κ3) is 2.33. The van der Waals surface area contributed by atoms with Crippen molar-refractivity contribution in [3.05, 3.63) is 36.4 Å². The standard InChI is InChI=1S/C13H17N5O/c14-10-7-16-17(8-10)9-13(19)18-6-2-4-12(18)11-3-1-5-15-11/h1,3,5,7-8,12,15H,2,4,6,9,14H2/t12-/m1/s1. The van der Waals surface area contributed by atoms with Crippen molar-refractivity contribution in [3.8, 4) is 0 Å². The molecule has 0 aromatic carbocycles. The highest BCUT2D eigenvalue weighted by atomic mass is 16.2. The van der Waals surface area contributed by atoms with Crippen LogP contribution in [0.1, 0.15) is 24.6 Å². The lowest BCUT2D eigenvalue weighted by Crippen LogP contribution is -2.33.